The molecule has 3 N–H and O–H groups in total. The highest BCUT2D eigenvalue weighted by Crippen LogP contribution is 2.24. The zero-order chi connectivity index (χ0) is 24.2. The fourth-order valence-corrected chi connectivity index (χ4v) is 4.04. The molecular formula is C25H20Cl2N4O3. The number of anilines is 2. The lowest BCUT2D eigenvalue weighted by molar-refractivity contribution is -0.137. The summed E-state index contributed by atoms with van der Waals surface area (Å²) in [6.07, 6.45) is 2.94. The van der Waals surface area contributed by atoms with Gasteiger partial charge in [0.25, 0.3) is 5.91 Å². The summed E-state index contributed by atoms with van der Waals surface area (Å²) < 4.78 is 0. The number of carbonyl (C=O) groups excluding carboxylic acids is 1. The summed E-state index contributed by atoms with van der Waals surface area (Å²) in [4.78, 5) is 32.7. The van der Waals surface area contributed by atoms with Gasteiger partial charge >= 0.3 is 5.97 Å². The van der Waals surface area contributed by atoms with E-state index in [1.54, 1.807) is 24.3 Å². The number of rotatable bonds is 7. The van der Waals surface area contributed by atoms with Gasteiger partial charge in [-0.25, -0.2) is 4.79 Å². The number of aromatic nitrogens is 2. The van der Waals surface area contributed by atoms with Crippen LogP contribution in [0.2, 0.25) is 10.0 Å². The molecule has 34 heavy (non-hydrogen) atoms. The van der Waals surface area contributed by atoms with Crippen LogP contribution in [0, 0.1) is 6.92 Å². The summed E-state index contributed by atoms with van der Waals surface area (Å²) in [6, 6.07) is 15.5. The highest BCUT2D eigenvalue weighted by atomic mass is 35.5. The van der Waals surface area contributed by atoms with Crippen LogP contribution in [-0.4, -0.2) is 33.0 Å². The molecule has 0 saturated heterocycles. The second-order valence-corrected chi connectivity index (χ2v) is 8.54. The number of fused-ring (bicyclic) bond motifs is 1. The van der Waals surface area contributed by atoms with Crippen molar-refractivity contribution in [3.63, 3.8) is 0 Å². The van der Waals surface area contributed by atoms with Crippen molar-refractivity contribution in [1.29, 1.82) is 0 Å². The van der Waals surface area contributed by atoms with Gasteiger partial charge in [-0.05, 0) is 48.9 Å². The molecule has 1 atom stereocenters. The van der Waals surface area contributed by atoms with Crippen molar-refractivity contribution in [2.45, 2.75) is 19.4 Å². The lowest BCUT2D eigenvalue weighted by atomic mass is 10.0. The molecule has 0 fully saturated rings. The van der Waals surface area contributed by atoms with Crippen molar-refractivity contribution < 1.29 is 14.7 Å². The Bertz CT molecular complexity index is 1360. The van der Waals surface area contributed by atoms with E-state index >= 15 is 0 Å². The molecule has 0 saturated carbocycles. The lowest BCUT2D eigenvalue weighted by Crippen LogP contribution is -2.31. The molecule has 0 aliphatic carbocycles. The summed E-state index contributed by atoms with van der Waals surface area (Å²) >= 11 is 12.1. The average Bonchev–Trinajstić information content (AvgIpc) is 2.79. The fourth-order valence-electron chi connectivity index (χ4n) is 3.50. The molecule has 0 aliphatic rings. The Morgan fingerprint density at radius 3 is 2.32 bits per heavy atom. The number of amides is 1. The van der Waals surface area contributed by atoms with Crippen LogP contribution < -0.4 is 10.6 Å². The number of nitrogens with zero attached hydrogens (tertiary/aromatic N) is 2. The number of carbonyl (C=O) groups is 2. The molecule has 1 amide bonds. The van der Waals surface area contributed by atoms with Gasteiger partial charge in [0.1, 0.15) is 6.04 Å². The van der Waals surface area contributed by atoms with Crippen LogP contribution in [-0.2, 0) is 11.2 Å². The van der Waals surface area contributed by atoms with Gasteiger partial charge in [0.2, 0.25) is 0 Å². The Morgan fingerprint density at radius 2 is 1.65 bits per heavy atom. The number of hydrogen-bond acceptors (Lipinski definition) is 5. The van der Waals surface area contributed by atoms with Crippen molar-refractivity contribution in [3.05, 3.63) is 93.9 Å². The molecule has 4 aromatic rings. The molecular weight excluding hydrogens is 475 g/mol. The Labute approximate surface area is 205 Å². The van der Waals surface area contributed by atoms with Crippen molar-refractivity contribution in [3.8, 4) is 0 Å². The number of aryl methyl sites for hydroxylation is 1. The predicted octanol–water partition coefficient (Wildman–Crippen LogP) is 5.61. The van der Waals surface area contributed by atoms with Crippen LogP contribution in [0.25, 0.3) is 10.9 Å². The molecule has 172 valence electrons. The minimum Gasteiger partial charge on any atom is -0.480 e. The van der Waals surface area contributed by atoms with Crippen LogP contribution in [0.3, 0.4) is 0 Å². The highest BCUT2D eigenvalue weighted by Gasteiger charge is 2.19. The first kappa shape index (κ1) is 23.5. The Kier molecular flexibility index (Phi) is 6.95. The molecule has 2 aromatic heterocycles. The monoisotopic (exact) mass is 494 g/mol. The second-order valence-electron chi connectivity index (χ2n) is 7.73. The van der Waals surface area contributed by atoms with Crippen molar-refractivity contribution in [1.82, 2.24) is 9.97 Å². The van der Waals surface area contributed by atoms with Crippen LogP contribution in [0.4, 0.5) is 11.4 Å². The van der Waals surface area contributed by atoms with E-state index in [1.165, 1.54) is 12.4 Å². The highest BCUT2D eigenvalue weighted by molar-refractivity contribution is 6.40. The topological polar surface area (TPSA) is 104 Å². The van der Waals surface area contributed by atoms with Gasteiger partial charge in [0, 0.05) is 41.3 Å². The minimum atomic E-state index is -0.971. The number of halogens is 2. The number of nitrogens with one attached hydrogen (secondary N) is 2. The third-order valence-corrected chi connectivity index (χ3v) is 5.77. The molecule has 2 heterocycles. The normalized spacial score (nSPS) is 11.7. The summed E-state index contributed by atoms with van der Waals surface area (Å²) in [5, 5.41) is 16.8. The van der Waals surface area contributed by atoms with Crippen LogP contribution in [0.5, 0.6) is 0 Å². The van der Waals surface area contributed by atoms with Crippen molar-refractivity contribution in [2.75, 3.05) is 10.6 Å². The number of carboxylic acid groups (broad SMARTS) is 1. The Morgan fingerprint density at radius 1 is 0.971 bits per heavy atom. The molecule has 7 nitrogen and oxygen atoms in total. The van der Waals surface area contributed by atoms with Crippen molar-refractivity contribution in [2.24, 2.45) is 0 Å². The first-order valence-electron chi connectivity index (χ1n) is 10.4. The third-order valence-electron chi connectivity index (χ3n) is 5.20. The smallest absolute Gasteiger partial charge is 0.326 e. The average molecular weight is 495 g/mol. The van der Waals surface area contributed by atoms with Crippen LogP contribution >= 0.6 is 23.2 Å². The third kappa shape index (κ3) is 5.44. The molecule has 4 rings (SSSR count). The van der Waals surface area contributed by atoms with E-state index in [1.807, 2.05) is 37.3 Å². The first-order chi connectivity index (χ1) is 16.3. The van der Waals surface area contributed by atoms with E-state index in [-0.39, 0.29) is 22.0 Å². The molecule has 0 spiro atoms. The summed E-state index contributed by atoms with van der Waals surface area (Å²) in [6.45, 7) is 1.92. The molecule has 1 unspecified atom stereocenters. The second kappa shape index (κ2) is 10.1. The number of pyridine rings is 2. The molecule has 0 bridgehead atoms. The van der Waals surface area contributed by atoms with Gasteiger partial charge in [-0.2, -0.15) is 0 Å². The maximum Gasteiger partial charge on any atom is 0.326 e. The maximum atomic E-state index is 12.5. The fraction of sp³-hybridized carbons (Fsp3) is 0.120. The number of carboxylic acids is 1. The number of aliphatic carboxylic acids is 1. The maximum absolute atomic E-state index is 12.5. The zero-order valence-corrected chi connectivity index (χ0v) is 19.6. The largest absolute Gasteiger partial charge is 0.480 e. The van der Waals surface area contributed by atoms with Crippen molar-refractivity contribution >= 4 is 57.4 Å². The minimum absolute atomic E-state index is 0.137. The van der Waals surface area contributed by atoms with Gasteiger partial charge in [0.15, 0.2) is 0 Å². The van der Waals surface area contributed by atoms with E-state index in [4.69, 9.17) is 23.2 Å². The number of hydrogen-bond donors (Lipinski definition) is 3. The summed E-state index contributed by atoms with van der Waals surface area (Å²) in [5.41, 5.74) is 3.91. The molecule has 0 aliphatic heterocycles. The van der Waals surface area contributed by atoms with Gasteiger partial charge in [0.05, 0.1) is 21.1 Å². The SMILES string of the molecule is Cc1ccc2cc(NC(Cc3ccc(NC(=O)c4c(Cl)cncc4Cl)cc3)C(=O)O)ccc2n1. The quantitative estimate of drug-likeness (QED) is 0.308. The number of benzene rings is 2. The predicted molar refractivity (Wildman–Crippen MR) is 134 cm³/mol. The zero-order valence-electron chi connectivity index (χ0n) is 18.0. The molecule has 2 aromatic carbocycles. The summed E-state index contributed by atoms with van der Waals surface area (Å²) in [7, 11) is 0. The van der Waals surface area contributed by atoms with Crippen LogP contribution in [0.1, 0.15) is 21.6 Å². The van der Waals surface area contributed by atoms with Gasteiger partial charge < -0.3 is 15.7 Å². The van der Waals surface area contributed by atoms with E-state index in [9.17, 15) is 14.7 Å². The van der Waals surface area contributed by atoms with Gasteiger partial charge in [-0.15, -0.1) is 0 Å². The van der Waals surface area contributed by atoms with E-state index in [2.05, 4.69) is 20.6 Å². The Hall–Kier alpha value is -3.68. The first-order valence-corrected chi connectivity index (χ1v) is 11.1. The summed E-state index contributed by atoms with van der Waals surface area (Å²) in [5.74, 6) is -1.43. The lowest BCUT2D eigenvalue weighted by Gasteiger charge is -2.17. The van der Waals surface area contributed by atoms with Gasteiger partial charge in [-0.3, -0.25) is 14.8 Å². The molecule has 0 radical (unpaired) electrons. The van der Waals surface area contributed by atoms with E-state index < -0.39 is 17.9 Å². The van der Waals surface area contributed by atoms with Gasteiger partial charge in [-0.1, -0.05) is 41.4 Å². The van der Waals surface area contributed by atoms with E-state index in [0.29, 0.717) is 11.4 Å². The van der Waals surface area contributed by atoms with Crippen LogP contribution in [0.15, 0.2) is 67.0 Å². The Balaban J connectivity index is 1.45. The molecule has 9 heteroatoms. The standard InChI is InChI=1S/C25H20Cl2N4O3/c1-14-2-5-16-11-18(8-9-21(16)29-14)30-22(25(33)34)10-15-3-6-17(7-4-15)31-24(32)23-19(26)12-28-13-20(23)27/h2-9,11-13,22,30H,10H2,1H3,(H,31,32)(H,33,34). The van der Waals surface area contributed by atoms with E-state index in [0.717, 1.165) is 22.2 Å².